The van der Waals surface area contributed by atoms with Gasteiger partial charge in [0.1, 0.15) is 0 Å². The van der Waals surface area contributed by atoms with E-state index in [1.165, 1.54) is 32.9 Å². The maximum absolute atomic E-state index is 10.7. The molecule has 4 heteroatoms. The van der Waals surface area contributed by atoms with Crippen LogP contribution in [-0.2, 0) is 4.79 Å². The van der Waals surface area contributed by atoms with Gasteiger partial charge in [-0.05, 0) is 36.1 Å². The van der Waals surface area contributed by atoms with Crippen molar-refractivity contribution in [2.24, 2.45) is 0 Å². The molecule has 4 aromatic rings. The van der Waals surface area contributed by atoms with Crippen molar-refractivity contribution in [3.8, 4) is 0 Å². The second kappa shape index (κ2) is 8.34. The van der Waals surface area contributed by atoms with Crippen LogP contribution in [0.4, 0.5) is 0 Å². The number of rotatable bonds is 9. The first-order chi connectivity index (χ1) is 13.7. The van der Waals surface area contributed by atoms with Gasteiger partial charge >= 0.3 is 5.97 Å². The highest BCUT2D eigenvalue weighted by molar-refractivity contribution is 5.88. The Kier molecular flexibility index (Phi) is 5.47. The fourth-order valence-electron chi connectivity index (χ4n) is 4.22. The van der Waals surface area contributed by atoms with Gasteiger partial charge in [-0.15, -0.1) is 0 Å². The second-order valence-corrected chi connectivity index (χ2v) is 7.48. The van der Waals surface area contributed by atoms with Gasteiger partial charge in [-0.1, -0.05) is 55.7 Å². The summed E-state index contributed by atoms with van der Waals surface area (Å²) in [7, 11) is 0. The van der Waals surface area contributed by atoms with Gasteiger partial charge in [-0.25, -0.2) is 0 Å². The van der Waals surface area contributed by atoms with Crippen molar-refractivity contribution in [2.45, 2.75) is 44.4 Å². The largest absolute Gasteiger partial charge is 0.481 e. The van der Waals surface area contributed by atoms with Gasteiger partial charge < -0.3 is 15.1 Å². The summed E-state index contributed by atoms with van der Waals surface area (Å²) in [5, 5.41) is 11.4. The van der Waals surface area contributed by atoms with E-state index in [4.69, 9.17) is 5.11 Å². The molecule has 28 heavy (non-hydrogen) atoms. The lowest BCUT2D eigenvalue weighted by Crippen LogP contribution is -2.01. The van der Waals surface area contributed by atoms with E-state index in [-0.39, 0.29) is 6.42 Å². The molecule has 2 aromatic carbocycles. The zero-order chi connectivity index (χ0) is 19.3. The van der Waals surface area contributed by atoms with Crippen molar-refractivity contribution < 1.29 is 9.90 Å². The fraction of sp³-hybridized carbons (Fsp3) is 0.292. The van der Waals surface area contributed by atoms with Gasteiger partial charge in [-0.3, -0.25) is 4.79 Å². The van der Waals surface area contributed by atoms with Crippen LogP contribution in [0.3, 0.4) is 0 Å². The number of fused-ring (bicyclic) bond motifs is 2. The van der Waals surface area contributed by atoms with Gasteiger partial charge in [0.25, 0.3) is 0 Å². The first-order valence-electron chi connectivity index (χ1n) is 10.1. The van der Waals surface area contributed by atoms with Crippen LogP contribution in [0.5, 0.6) is 0 Å². The highest BCUT2D eigenvalue weighted by Crippen LogP contribution is 2.38. The lowest BCUT2D eigenvalue weighted by Gasteiger charge is -2.17. The Morgan fingerprint density at radius 3 is 1.89 bits per heavy atom. The summed E-state index contributed by atoms with van der Waals surface area (Å²) in [6, 6.07) is 16.9. The molecule has 0 spiro atoms. The molecule has 0 aliphatic heterocycles. The third-order valence-corrected chi connectivity index (χ3v) is 5.63. The minimum absolute atomic E-state index is 0.272. The van der Waals surface area contributed by atoms with E-state index < -0.39 is 5.97 Å². The number of para-hydroxylation sites is 2. The number of hydrogen-bond donors (Lipinski definition) is 3. The third kappa shape index (κ3) is 3.81. The molecular formula is C24H26N2O2. The van der Waals surface area contributed by atoms with Gasteiger partial charge in [0.2, 0.25) is 0 Å². The summed E-state index contributed by atoms with van der Waals surface area (Å²) in [4.78, 5) is 17.5. The smallest absolute Gasteiger partial charge is 0.303 e. The molecule has 0 aliphatic rings. The van der Waals surface area contributed by atoms with Crippen LogP contribution in [0.25, 0.3) is 21.8 Å². The van der Waals surface area contributed by atoms with Crippen LogP contribution in [0.2, 0.25) is 0 Å². The first kappa shape index (κ1) is 18.4. The number of carbonyl (C=O) groups is 1. The number of benzene rings is 2. The first-order valence-corrected chi connectivity index (χ1v) is 10.1. The third-order valence-electron chi connectivity index (χ3n) is 5.63. The van der Waals surface area contributed by atoms with Gasteiger partial charge in [0, 0.05) is 46.5 Å². The molecule has 144 valence electrons. The fourth-order valence-corrected chi connectivity index (χ4v) is 4.22. The Labute approximate surface area is 164 Å². The molecule has 0 radical (unpaired) electrons. The number of carboxylic acid groups (broad SMARTS) is 1. The quantitative estimate of drug-likeness (QED) is 0.305. The zero-order valence-electron chi connectivity index (χ0n) is 15.9. The van der Waals surface area contributed by atoms with Crippen molar-refractivity contribution in [2.75, 3.05) is 0 Å². The summed E-state index contributed by atoms with van der Waals surface area (Å²) in [5.41, 5.74) is 5.02. The van der Waals surface area contributed by atoms with Gasteiger partial charge in [-0.2, -0.15) is 0 Å². The number of hydrogen-bond acceptors (Lipinski definition) is 1. The number of carboxylic acids is 1. The van der Waals surface area contributed by atoms with Gasteiger partial charge in [0.15, 0.2) is 0 Å². The number of H-pyrrole nitrogens is 2. The van der Waals surface area contributed by atoms with E-state index >= 15 is 0 Å². The topological polar surface area (TPSA) is 68.9 Å². The van der Waals surface area contributed by atoms with Crippen molar-refractivity contribution in [1.82, 2.24) is 9.97 Å². The molecular weight excluding hydrogens is 348 g/mol. The molecule has 4 rings (SSSR count). The van der Waals surface area contributed by atoms with Crippen molar-refractivity contribution in [3.63, 3.8) is 0 Å². The van der Waals surface area contributed by atoms with E-state index in [1.54, 1.807) is 0 Å². The summed E-state index contributed by atoms with van der Waals surface area (Å²) in [6.07, 6.45) is 9.52. The van der Waals surface area contributed by atoms with Crippen molar-refractivity contribution in [3.05, 3.63) is 72.1 Å². The minimum Gasteiger partial charge on any atom is -0.481 e. The van der Waals surface area contributed by atoms with Crippen LogP contribution in [0.1, 0.15) is 55.6 Å². The number of aromatic nitrogens is 2. The highest BCUT2D eigenvalue weighted by Gasteiger charge is 2.20. The minimum atomic E-state index is -0.699. The van der Waals surface area contributed by atoms with Crippen LogP contribution >= 0.6 is 0 Å². The Morgan fingerprint density at radius 2 is 1.32 bits per heavy atom. The number of unbranched alkanes of at least 4 members (excludes halogenated alkanes) is 3. The SMILES string of the molecule is O=C(O)CCCCCCC(c1c[nH]c2ccccc12)c1c[nH]c2ccccc12. The van der Waals surface area contributed by atoms with Crippen molar-refractivity contribution >= 4 is 27.8 Å². The Hall–Kier alpha value is -3.01. The van der Waals surface area contributed by atoms with E-state index in [2.05, 4.69) is 70.9 Å². The Bertz CT molecular complexity index is 1000. The number of aliphatic carboxylic acids is 1. The molecule has 0 fully saturated rings. The van der Waals surface area contributed by atoms with E-state index in [0.29, 0.717) is 5.92 Å². The molecule has 0 amide bonds. The summed E-state index contributed by atoms with van der Waals surface area (Å²) < 4.78 is 0. The average Bonchev–Trinajstić information content (AvgIpc) is 3.32. The Balaban J connectivity index is 1.59. The molecule has 0 saturated carbocycles. The van der Waals surface area contributed by atoms with Crippen LogP contribution < -0.4 is 0 Å². The average molecular weight is 374 g/mol. The van der Waals surface area contributed by atoms with Crippen LogP contribution in [0, 0.1) is 0 Å². The van der Waals surface area contributed by atoms with Crippen LogP contribution in [-0.4, -0.2) is 21.0 Å². The normalized spacial score (nSPS) is 11.6. The van der Waals surface area contributed by atoms with Crippen LogP contribution in [0.15, 0.2) is 60.9 Å². The predicted octanol–water partition coefficient (Wildman–Crippen LogP) is 6.21. The zero-order valence-corrected chi connectivity index (χ0v) is 15.9. The monoisotopic (exact) mass is 374 g/mol. The molecule has 3 N–H and O–H groups in total. The standard InChI is InChI=1S/C24H26N2O2/c27-24(28)14-4-2-1-3-9-17(20-15-25-22-12-7-5-10-18(20)22)21-16-26-23-13-8-6-11-19(21)23/h5-8,10-13,15-17,25-26H,1-4,9,14H2,(H,27,28). The number of nitrogens with one attached hydrogen (secondary N) is 2. The molecule has 0 saturated heterocycles. The van der Waals surface area contributed by atoms with Gasteiger partial charge in [0.05, 0.1) is 0 Å². The maximum Gasteiger partial charge on any atom is 0.303 e. The maximum atomic E-state index is 10.7. The molecule has 0 aliphatic carbocycles. The lowest BCUT2D eigenvalue weighted by molar-refractivity contribution is -0.137. The Morgan fingerprint density at radius 1 is 0.786 bits per heavy atom. The molecule has 2 heterocycles. The summed E-state index contributed by atoms with van der Waals surface area (Å²) >= 11 is 0. The van der Waals surface area contributed by atoms with E-state index in [9.17, 15) is 4.79 Å². The molecule has 4 nitrogen and oxygen atoms in total. The molecule has 2 aromatic heterocycles. The number of aromatic amines is 2. The van der Waals surface area contributed by atoms with Crippen molar-refractivity contribution in [1.29, 1.82) is 0 Å². The summed E-state index contributed by atoms with van der Waals surface area (Å²) in [6.45, 7) is 0. The molecule has 0 bridgehead atoms. The lowest BCUT2D eigenvalue weighted by atomic mass is 9.86. The van der Waals surface area contributed by atoms with E-state index in [1.807, 2.05) is 0 Å². The highest BCUT2D eigenvalue weighted by atomic mass is 16.4. The summed E-state index contributed by atoms with van der Waals surface area (Å²) in [5.74, 6) is -0.387. The van der Waals surface area contributed by atoms with E-state index in [0.717, 1.165) is 32.1 Å². The predicted molar refractivity (Wildman–Crippen MR) is 114 cm³/mol. The second-order valence-electron chi connectivity index (χ2n) is 7.48. The molecule has 0 atom stereocenters. The molecule has 0 unspecified atom stereocenters.